The fourth-order valence-electron chi connectivity index (χ4n) is 1.81. The molecule has 16 heavy (non-hydrogen) atoms. The van der Waals surface area contributed by atoms with E-state index in [0.29, 0.717) is 18.6 Å². The van der Waals surface area contributed by atoms with Gasteiger partial charge in [-0.25, -0.2) is 4.39 Å². The third kappa shape index (κ3) is 3.58. The minimum atomic E-state index is -0.190. The second kappa shape index (κ2) is 6.61. The van der Waals surface area contributed by atoms with E-state index in [9.17, 15) is 4.39 Å². The standard InChI is InChI=1S/C13H20FNO/c1-3-13(16-4-2)12(15)9-10-7-5-6-8-11(10)14/h5-8,12-13H,3-4,9,15H2,1-2H3. The highest BCUT2D eigenvalue weighted by Crippen LogP contribution is 2.12. The van der Waals surface area contributed by atoms with E-state index in [0.717, 1.165) is 6.42 Å². The maximum absolute atomic E-state index is 13.4. The Kier molecular flexibility index (Phi) is 5.43. The van der Waals surface area contributed by atoms with Crippen molar-refractivity contribution >= 4 is 0 Å². The molecule has 0 aliphatic heterocycles. The molecule has 0 radical (unpaired) electrons. The Hall–Kier alpha value is -0.930. The molecule has 0 bridgehead atoms. The Morgan fingerprint density at radius 3 is 2.56 bits per heavy atom. The van der Waals surface area contributed by atoms with Crippen molar-refractivity contribution in [2.75, 3.05) is 6.61 Å². The molecule has 1 aromatic carbocycles. The van der Waals surface area contributed by atoms with Crippen molar-refractivity contribution in [3.8, 4) is 0 Å². The number of hydrogen-bond acceptors (Lipinski definition) is 2. The van der Waals surface area contributed by atoms with Gasteiger partial charge in [0.25, 0.3) is 0 Å². The van der Waals surface area contributed by atoms with Crippen LogP contribution >= 0.6 is 0 Å². The zero-order valence-corrected chi connectivity index (χ0v) is 9.95. The summed E-state index contributed by atoms with van der Waals surface area (Å²) in [6.07, 6.45) is 1.37. The van der Waals surface area contributed by atoms with Crippen LogP contribution in [0.5, 0.6) is 0 Å². The first-order chi connectivity index (χ1) is 7.69. The second-order valence-corrected chi connectivity index (χ2v) is 3.86. The highest BCUT2D eigenvalue weighted by atomic mass is 19.1. The predicted octanol–water partition coefficient (Wildman–Crippen LogP) is 2.51. The number of hydrogen-bond donors (Lipinski definition) is 1. The van der Waals surface area contributed by atoms with Gasteiger partial charge in [0.05, 0.1) is 6.10 Å². The molecule has 90 valence electrons. The highest BCUT2D eigenvalue weighted by molar-refractivity contribution is 5.18. The SMILES string of the molecule is CCOC(CC)C(N)Cc1ccccc1F. The molecule has 2 N–H and O–H groups in total. The van der Waals surface area contributed by atoms with Crippen LogP contribution < -0.4 is 5.73 Å². The van der Waals surface area contributed by atoms with E-state index >= 15 is 0 Å². The van der Waals surface area contributed by atoms with Crippen molar-refractivity contribution in [1.29, 1.82) is 0 Å². The zero-order valence-electron chi connectivity index (χ0n) is 9.95. The molecule has 0 heterocycles. The smallest absolute Gasteiger partial charge is 0.126 e. The minimum absolute atomic E-state index is 0.00426. The summed E-state index contributed by atoms with van der Waals surface area (Å²) in [7, 11) is 0. The summed E-state index contributed by atoms with van der Waals surface area (Å²) in [5, 5.41) is 0. The van der Waals surface area contributed by atoms with Gasteiger partial charge in [0.2, 0.25) is 0 Å². The van der Waals surface area contributed by atoms with Crippen molar-refractivity contribution in [3.63, 3.8) is 0 Å². The number of rotatable bonds is 6. The lowest BCUT2D eigenvalue weighted by Crippen LogP contribution is -2.38. The average Bonchev–Trinajstić information content (AvgIpc) is 2.29. The second-order valence-electron chi connectivity index (χ2n) is 3.86. The van der Waals surface area contributed by atoms with E-state index in [1.54, 1.807) is 12.1 Å². The molecule has 0 saturated heterocycles. The summed E-state index contributed by atoms with van der Waals surface area (Å²) < 4.78 is 18.9. The quantitative estimate of drug-likeness (QED) is 0.807. The van der Waals surface area contributed by atoms with Gasteiger partial charge < -0.3 is 10.5 Å². The van der Waals surface area contributed by atoms with Crippen LogP contribution in [-0.4, -0.2) is 18.8 Å². The largest absolute Gasteiger partial charge is 0.377 e. The van der Waals surface area contributed by atoms with Crippen molar-refractivity contribution < 1.29 is 9.13 Å². The van der Waals surface area contributed by atoms with Crippen LogP contribution in [0.2, 0.25) is 0 Å². The van der Waals surface area contributed by atoms with Crippen LogP contribution in [0.4, 0.5) is 4.39 Å². The van der Waals surface area contributed by atoms with Crippen LogP contribution in [0.15, 0.2) is 24.3 Å². The van der Waals surface area contributed by atoms with E-state index in [2.05, 4.69) is 0 Å². The van der Waals surface area contributed by atoms with Crippen LogP contribution in [-0.2, 0) is 11.2 Å². The van der Waals surface area contributed by atoms with Crippen LogP contribution in [0.3, 0.4) is 0 Å². The summed E-state index contributed by atoms with van der Waals surface area (Å²) >= 11 is 0. The average molecular weight is 225 g/mol. The van der Waals surface area contributed by atoms with Gasteiger partial charge in [0.15, 0.2) is 0 Å². The van der Waals surface area contributed by atoms with Gasteiger partial charge in [0, 0.05) is 12.6 Å². The van der Waals surface area contributed by atoms with Gasteiger partial charge in [-0.15, -0.1) is 0 Å². The Balaban J connectivity index is 2.62. The normalized spacial score (nSPS) is 14.8. The van der Waals surface area contributed by atoms with Crippen molar-refractivity contribution in [2.24, 2.45) is 5.73 Å². The van der Waals surface area contributed by atoms with Gasteiger partial charge in [-0.2, -0.15) is 0 Å². The van der Waals surface area contributed by atoms with Gasteiger partial charge >= 0.3 is 0 Å². The van der Waals surface area contributed by atoms with Gasteiger partial charge in [-0.3, -0.25) is 0 Å². The van der Waals surface area contributed by atoms with E-state index in [-0.39, 0.29) is 18.0 Å². The molecule has 3 heteroatoms. The molecule has 1 aromatic rings. The third-order valence-corrected chi connectivity index (χ3v) is 2.67. The molecule has 0 amide bonds. The Labute approximate surface area is 96.6 Å². The molecule has 0 spiro atoms. The molecule has 0 aliphatic rings. The maximum Gasteiger partial charge on any atom is 0.126 e. The van der Waals surface area contributed by atoms with E-state index in [1.807, 2.05) is 19.9 Å². The Morgan fingerprint density at radius 1 is 1.31 bits per heavy atom. The number of nitrogens with two attached hydrogens (primary N) is 1. The molecular weight excluding hydrogens is 205 g/mol. The van der Waals surface area contributed by atoms with Gasteiger partial charge in [-0.1, -0.05) is 25.1 Å². The van der Waals surface area contributed by atoms with E-state index < -0.39 is 0 Å². The predicted molar refractivity (Wildman–Crippen MR) is 63.8 cm³/mol. The highest BCUT2D eigenvalue weighted by Gasteiger charge is 2.17. The van der Waals surface area contributed by atoms with Crippen molar-refractivity contribution in [1.82, 2.24) is 0 Å². The lowest BCUT2D eigenvalue weighted by molar-refractivity contribution is 0.0416. The zero-order chi connectivity index (χ0) is 12.0. The fourth-order valence-corrected chi connectivity index (χ4v) is 1.81. The first-order valence-corrected chi connectivity index (χ1v) is 5.79. The monoisotopic (exact) mass is 225 g/mol. The van der Waals surface area contributed by atoms with Crippen molar-refractivity contribution in [2.45, 2.75) is 38.8 Å². The summed E-state index contributed by atoms with van der Waals surface area (Å²) in [5.41, 5.74) is 6.68. The molecular formula is C13H20FNO. The molecule has 2 atom stereocenters. The lowest BCUT2D eigenvalue weighted by atomic mass is 10.00. The summed E-state index contributed by atoms with van der Waals surface area (Å²) in [6.45, 7) is 4.61. The molecule has 0 aliphatic carbocycles. The number of halogens is 1. The molecule has 0 fully saturated rings. The molecule has 1 rings (SSSR count). The van der Waals surface area contributed by atoms with Crippen LogP contribution in [0, 0.1) is 5.82 Å². The van der Waals surface area contributed by atoms with Crippen LogP contribution in [0.25, 0.3) is 0 Å². The van der Waals surface area contributed by atoms with Gasteiger partial charge in [-0.05, 0) is 31.4 Å². The summed E-state index contributed by atoms with van der Waals surface area (Å²) in [6, 6.07) is 6.59. The third-order valence-electron chi connectivity index (χ3n) is 2.67. The minimum Gasteiger partial charge on any atom is -0.377 e. The molecule has 0 saturated carbocycles. The van der Waals surface area contributed by atoms with Crippen molar-refractivity contribution in [3.05, 3.63) is 35.6 Å². The first kappa shape index (κ1) is 13.1. The van der Waals surface area contributed by atoms with E-state index in [1.165, 1.54) is 6.07 Å². The molecule has 2 nitrogen and oxygen atoms in total. The van der Waals surface area contributed by atoms with Crippen LogP contribution in [0.1, 0.15) is 25.8 Å². The number of ether oxygens (including phenoxy) is 1. The Morgan fingerprint density at radius 2 is 2.00 bits per heavy atom. The topological polar surface area (TPSA) is 35.2 Å². The first-order valence-electron chi connectivity index (χ1n) is 5.79. The summed E-state index contributed by atoms with van der Waals surface area (Å²) in [5.74, 6) is -0.190. The maximum atomic E-state index is 13.4. The lowest BCUT2D eigenvalue weighted by Gasteiger charge is -2.22. The molecule has 0 aromatic heterocycles. The van der Waals surface area contributed by atoms with E-state index in [4.69, 9.17) is 10.5 Å². The fraction of sp³-hybridized carbons (Fsp3) is 0.538. The number of benzene rings is 1. The van der Waals surface area contributed by atoms with Gasteiger partial charge in [0.1, 0.15) is 5.82 Å². The molecule has 2 unspecified atom stereocenters. The Bertz CT molecular complexity index is 317. The summed E-state index contributed by atoms with van der Waals surface area (Å²) in [4.78, 5) is 0.